The Balaban J connectivity index is 1.51. The maximum absolute atomic E-state index is 14.5. The summed E-state index contributed by atoms with van der Waals surface area (Å²) in [5.41, 5.74) is 2.56. The lowest BCUT2D eigenvalue weighted by Crippen LogP contribution is -2.26. The molecule has 1 unspecified atom stereocenters. The second kappa shape index (κ2) is 9.71. The monoisotopic (exact) mass is 489 g/mol. The Hall–Kier alpha value is -4.99. The molecule has 5 rings (SSSR count). The van der Waals surface area contributed by atoms with Gasteiger partial charge in [0.25, 0.3) is 0 Å². The highest BCUT2D eigenvalue weighted by Crippen LogP contribution is 2.30. The molecule has 4 heterocycles. The molecule has 0 N–H and O–H groups in total. The van der Waals surface area contributed by atoms with E-state index < -0.39 is 18.6 Å². The SMILES string of the molecule is COc1ccnc(-c2cnc3ccc(-c4ccc(F)c(OC(CF)Cn5cnnn5)c4)nn23)c1C#N. The van der Waals surface area contributed by atoms with Crippen LogP contribution >= 0.6 is 0 Å². The van der Waals surface area contributed by atoms with Gasteiger partial charge in [0.05, 0.1) is 25.5 Å². The van der Waals surface area contributed by atoms with E-state index in [0.29, 0.717) is 34.0 Å². The highest BCUT2D eigenvalue weighted by atomic mass is 19.1. The summed E-state index contributed by atoms with van der Waals surface area (Å²) in [7, 11) is 1.47. The van der Waals surface area contributed by atoms with Gasteiger partial charge in [-0.25, -0.2) is 23.0 Å². The minimum Gasteiger partial charge on any atom is -0.495 e. The maximum Gasteiger partial charge on any atom is 0.165 e. The zero-order valence-electron chi connectivity index (χ0n) is 18.8. The van der Waals surface area contributed by atoms with Gasteiger partial charge >= 0.3 is 0 Å². The third-order valence-electron chi connectivity index (χ3n) is 5.32. The predicted octanol–water partition coefficient (Wildman–Crippen LogP) is 2.88. The van der Waals surface area contributed by atoms with Crippen molar-refractivity contribution in [2.45, 2.75) is 12.6 Å². The van der Waals surface area contributed by atoms with Crippen molar-refractivity contribution < 1.29 is 18.3 Å². The minimum absolute atomic E-state index is 0.00450. The molecule has 0 saturated heterocycles. The fraction of sp³-hybridized carbons (Fsp3) is 0.174. The molecule has 11 nitrogen and oxygen atoms in total. The van der Waals surface area contributed by atoms with E-state index in [9.17, 15) is 14.0 Å². The third kappa shape index (κ3) is 4.27. The van der Waals surface area contributed by atoms with E-state index in [2.05, 4.69) is 36.7 Å². The molecule has 0 aliphatic carbocycles. The molecule has 0 bridgehead atoms. The Morgan fingerprint density at radius 2 is 2.03 bits per heavy atom. The molecule has 1 aromatic carbocycles. The molecule has 1 atom stereocenters. The molecule has 180 valence electrons. The van der Waals surface area contributed by atoms with Gasteiger partial charge in [0.2, 0.25) is 0 Å². The van der Waals surface area contributed by atoms with Crippen molar-refractivity contribution in [3.05, 3.63) is 66.5 Å². The fourth-order valence-corrected chi connectivity index (χ4v) is 3.63. The topological polar surface area (TPSA) is 129 Å². The summed E-state index contributed by atoms with van der Waals surface area (Å²) in [5.74, 6) is -0.423. The van der Waals surface area contributed by atoms with E-state index in [1.807, 2.05) is 0 Å². The molecule has 0 saturated carbocycles. The second-order valence-corrected chi connectivity index (χ2v) is 7.55. The number of methoxy groups -OCH3 is 1. The smallest absolute Gasteiger partial charge is 0.165 e. The molecule has 13 heteroatoms. The van der Waals surface area contributed by atoms with Crippen molar-refractivity contribution in [1.82, 2.24) is 39.8 Å². The van der Waals surface area contributed by atoms with Crippen LogP contribution in [-0.4, -0.2) is 59.7 Å². The van der Waals surface area contributed by atoms with E-state index in [0.717, 1.165) is 0 Å². The molecular weight excluding hydrogens is 472 g/mol. The number of ether oxygens (including phenoxy) is 2. The first kappa shape index (κ1) is 22.8. The van der Waals surface area contributed by atoms with Gasteiger partial charge in [-0.2, -0.15) is 10.4 Å². The molecule has 0 aliphatic rings. The molecule has 4 aromatic heterocycles. The van der Waals surface area contributed by atoms with Gasteiger partial charge in [-0.05, 0) is 46.8 Å². The van der Waals surface area contributed by atoms with E-state index >= 15 is 0 Å². The van der Waals surface area contributed by atoms with Crippen LogP contribution in [0.5, 0.6) is 11.5 Å². The first-order valence-electron chi connectivity index (χ1n) is 10.6. The Morgan fingerprint density at radius 3 is 2.78 bits per heavy atom. The number of aromatic nitrogens is 8. The summed E-state index contributed by atoms with van der Waals surface area (Å²) in [4.78, 5) is 8.67. The van der Waals surface area contributed by atoms with E-state index in [1.54, 1.807) is 24.4 Å². The average Bonchev–Trinajstić information content (AvgIpc) is 3.58. The summed E-state index contributed by atoms with van der Waals surface area (Å²) in [6.45, 7) is -0.870. The van der Waals surface area contributed by atoms with Crippen molar-refractivity contribution in [2.75, 3.05) is 13.8 Å². The number of halogens is 2. The Bertz CT molecular complexity index is 1560. The van der Waals surface area contributed by atoms with Crippen molar-refractivity contribution in [3.63, 3.8) is 0 Å². The molecule has 0 fully saturated rings. The number of hydrogen-bond donors (Lipinski definition) is 0. The standard InChI is InChI=1S/C23H17F2N9O2/c1-35-20-6-7-27-23(16(20)10-26)19-11-28-22-5-4-18(30-34(19)22)14-2-3-17(25)21(8-14)36-15(9-24)12-33-13-29-31-32-33/h2-8,11,13,15H,9,12H2,1H3. The molecular formula is C23H17F2N9O2. The highest BCUT2D eigenvalue weighted by molar-refractivity contribution is 5.70. The molecule has 5 aromatic rings. The molecule has 0 amide bonds. The lowest BCUT2D eigenvalue weighted by Gasteiger charge is -2.16. The van der Waals surface area contributed by atoms with Crippen LogP contribution in [0.15, 0.2) is 55.1 Å². The van der Waals surface area contributed by atoms with Crippen molar-refractivity contribution in [2.24, 2.45) is 0 Å². The van der Waals surface area contributed by atoms with Crippen molar-refractivity contribution >= 4 is 5.65 Å². The Morgan fingerprint density at radius 1 is 1.14 bits per heavy atom. The largest absolute Gasteiger partial charge is 0.495 e. The quantitative estimate of drug-likeness (QED) is 0.323. The minimum atomic E-state index is -1.00. The van der Waals surface area contributed by atoms with E-state index in [4.69, 9.17) is 9.47 Å². The summed E-state index contributed by atoms with van der Waals surface area (Å²) < 4.78 is 41.8. The van der Waals surface area contributed by atoms with Gasteiger partial charge in [-0.1, -0.05) is 0 Å². The summed E-state index contributed by atoms with van der Waals surface area (Å²) in [5, 5.41) is 24.9. The number of benzene rings is 1. The molecule has 0 spiro atoms. The van der Waals surface area contributed by atoms with Crippen molar-refractivity contribution in [3.8, 4) is 40.2 Å². The summed E-state index contributed by atoms with van der Waals surface area (Å²) in [6, 6.07) is 11.3. The van der Waals surface area contributed by atoms with Gasteiger partial charge in [0, 0.05) is 11.8 Å². The van der Waals surface area contributed by atoms with E-state index in [1.165, 1.54) is 47.0 Å². The van der Waals surface area contributed by atoms with Crippen LogP contribution in [-0.2, 0) is 6.54 Å². The van der Waals surface area contributed by atoms with Crippen LogP contribution in [0, 0.1) is 17.1 Å². The van der Waals surface area contributed by atoms with Crippen molar-refractivity contribution in [1.29, 1.82) is 5.26 Å². The average molecular weight is 489 g/mol. The van der Waals surface area contributed by atoms with Gasteiger partial charge in [0.15, 0.2) is 17.2 Å². The number of nitriles is 1. The van der Waals surface area contributed by atoms with Gasteiger partial charge in [0.1, 0.15) is 47.9 Å². The molecule has 36 heavy (non-hydrogen) atoms. The number of alkyl halides is 1. The summed E-state index contributed by atoms with van der Waals surface area (Å²) >= 11 is 0. The third-order valence-corrected chi connectivity index (χ3v) is 5.32. The van der Waals surface area contributed by atoms with Crippen LogP contribution in [0.4, 0.5) is 8.78 Å². The van der Waals surface area contributed by atoms with Crippen LogP contribution in [0.25, 0.3) is 28.3 Å². The first-order chi connectivity index (χ1) is 17.6. The normalized spacial score (nSPS) is 11.8. The lowest BCUT2D eigenvalue weighted by atomic mass is 10.1. The van der Waals surface area contributed by atoms with Crippen LogP contribution in [0.1, 0.15) is 5.56 Å². The first-order valence-corrected chi connectivity index (χ1v) is 10.6. The fourth-order valence-electron chi connectivity index (χ4n) is 3.63. The number of nitrogens with zero attached hydrogens (tertiary/aromatic N) is 9. The zero-order chi connectivity index (χ0) is 25.1. The lowest BCUT2D eigenvalue weighted by molar-refractivity contribution is 0.135. The van der Waals surface area contributed by atoms with E-state index in [-0.39, 0.29) is 17.9 Å². The van der Waals surface area contributed by atoms with Gasteiger partial charge < -0.3 is 9.47 Å². The Labute approximate surface area is 202 Å². The Kier molecular flexibility index (Phi) is 6.14. The number of hydrogen-bond acceptors (Lipinski definition) is 9. The van der Waals surface area contributed by atoms with Gasteiger partial charge in [-0.15, -0.1) is 5.10 Å². The highest BCUT2D eigenvalue weighted by Gasteiger charge is 2.19. The second-order valence-electron chi connectivity index (χ2n) is 7.55. The summed E-state index contributed by atoms with van der Waals surface area (Å²) in [6.07, 6.45) is 3.39. The number of pyridine rings is 1. The van der Waals surface area contributed by atoms with Crippen LogP contribution < -0.4 is 9.47 Å². The number of rotatable bonds is 8. The van der Waals surface area contributed by atoms with Crippen LogP contribution in [0.2, 0.25) is 0 Å². The van der Waals surface area contributed by atoms with Crippen LogP contribution in [0.3, 0.4) is 0 Å². The van der Waals surface area contributed by atoms with Gasteiger partial charge in [-0.3, -0.25) is 4.98 Å². The number of fused-ring (bicyclic) bond motifs is 1. The zero-order valence-corrected chi connectivity index (χ0v) is 18.8. The number of imidazole rings is 1. The molecule has 0 aliphatic heterocycles. The maximum atomic E-state index is 14.5. The number of tetrazole rings is 1. The molecule has 0 radical (unpaired) electrons. The predicted molar refractivity (Wildman–Crippen MR) is 121 cm³/mol.